The second-order valence-corrected chi connectivity index (χ2v) is 4.89. The number of rotatable bonds is 7. The predicted octanol–water partition coefficient (Wildman–Crippen LogP) is 1.81. The zero-order valence-electron chi connectivity index (χ0n) is 11.6. The van der Waals surface area contributed by atoms with Crippen molar-refractivity contribution < 1.29 is 4.79 Å². The highest BCUT2D eigenvalue weighted by atomic mass is 16.1. The molecule has 2 N–H and O–H groups in total. The van der Waals surface area contributed by atoms with Gasteiger partial charge in [-0.1, -0.05) is 32.0 Å². The molecule has 0 aliphatic carbocycles. The lowest BCUT2D eigenvalue weighted by Gasteiger charge is -2.08. The number of amides is 1. The van der Waals surface area contributed by atoms with Crippen LogP contribution in [0.3, 0.4) is 0 Å². The Morgan fingerprint density at radius 3 is 2.79 bits per heavy atom. The Balaban J connectivity index is 2.24. The molecule has 0 unspecified atom stereocenters. The molecule has 1 amide bonds. The van der Waals surface area contributed by atoms with Crippen LogP contribution in [0, 0.1) is 17.2 Å². The molecule has 4 nitrogen and oxygen atoms in total. The first-order valence-corrected chi connectivity index (χ1v) is 6.59. The van der Waals surface area contributed by atoms with Gasteiger partial charge in [-0.2, -0.15) is 5.26 Å². The Kier molecular flexibility index (Phi) is 6.62. The number of hydrogen-bond donors (Lipinski definition) is 2. The van der Waals surface area contributed by atoms with Gasteiger partial charge in [0.15, 0.2) is 0 Å². The van der Waals surface area contributed by atoms with E-state index < -0.39 is 0 Å². The molecule has 0 aromatic heterocycles. The van der Waals surface area contributed by atoms with E-state index in [4.69, 9.17) is 5.26 Å². The van der Waals surface area contributed by atoms with Crippen LogP contribution in [0.5, 0.6) is 0 Å². The molecule has 0 bridgehead atoms. The fraction of sp³-hybridized carbons (Fsp3) is 0.467. The summed E-state index contributed by atoms with van der Waals surface area (Å²) in [7, 11) is 0. The first-order chi connectivity index (χ1) is 9.13. The second-order valence-electron chi connectivity index (χ2n) is 4.89. The molecule has 19 heavy (non-hydrogen) atoms. The molecule has 0 radical (unpaired) electrons. The summed E-state index contributed by atoms with van der Waals surface area (Å²) in [6, 6.07) is 9.64. The molecular weight excluding hydrogens is 238 g/mol. The van der Waals surface area contributed by atoms with Crippen molar-refractivity contribution in [1.82, 2.24) is 10.6 Å². The van der Waals surface area contributed by atoms with Crippen LogP contribution in [0.25, 0.3) is 0 Å². The lowest BCUT2D eigenvalue weighted by Crippen LogP contribution is -2.30. The Morgan fingerprint density at radius 2 is 2.11 bits per heavy atom. The Morgan fingerprint density at radius 1 is 1.37 bits per heavy atom. The van der Waals surface area contributed by atoms with Gasteiger partial charge < -0.3 is 10.6 Å². The molecule has 0 atom stereocenters. The summed E-state index contributed by atoms with van der Waals surface area (Å²) in [6.07, 6.45) is 0.460. The molecule has 0 saturated carbocycles. The summed E-state index contributed by atoms with van der Waals surface area (Å²) >= 11 is 0. The number of carbonyl (C=O) groups excluding carboxylic acids is 1. The summed E-state index contributed by atoms with van der Waals surface area (Å²) in [6.45, 7) is 6.08. The van der Waals surface area contributed by atoms with Crippen molar-refractivity contribution in [3.8, 4) is 6.07 Å². The molecule has 0 fully saturated rings. The van der Waals surface area contributed by atoms with Gasteiger partial charge in [0.1, 0.15) is 0 Å². The molecule has 1 aromatic carbocycles. The quantitative estimate of drug-likeness (QED) is 0.734. The van der Waals surface area contributed by atoms with E-state index in [1.165, 1.54) is 0 Å². The molecule has 1 aromatic rings. The van der Waals surface area contributed by atoms with Crippen LogP contribution in [0.15, 0.2) is 24.3 Å². The molecule has 4 heteroatoms. The average molecular weight is 259 g/mol. The van der Waals surface area contributed by atoms with E-state index >= 15 is 0 Å². The van der Waals surface area contributed by atoms with Gasteiger partial charge >= 0.3 is 0 Å². The van der Waals surface area contributed by atoms with Gasteiger partial charge in [0.2, 0.25) is 5.91 Å². The normalized spacial score (nSPS) is 10.2. The summed E-state index contributed by atoms with van der Waals surface area (Å²) in [5.41, 5.74) is 1.65. The summed E-state index contributed by atoms with van der Waals surface area (Å²) < 4.78 is 0. The third-order valence-electron chi connectivity index (χ3n) is 2.69. The third kappa shape index (κ3) is 6.03. The lowest BCUT2D eigenvalue weighted by atomic mass is 10.1. The molecule has 0 heterocycles. The zero-order chi connectivity index (χ0) is 14.1. The standard InChI is InChI=1S/C15H21N3O/c1-12(2)10-18-15(19)7-8-17-11-14-6-4-3-5-13(14)9-16/h3-6,12,17H,7-8,10-11H2,1-2H3,(H,18,19). The van der Waals surface area contributed by atoms with Crippen LogP contribution in [0.2, 0.25) is 0 Å². The highest BCUT2D eigenvalue weighted by Crippen LogP contribution is 2.06. The SMILES string of the molecule is CC(C)CNC(=O)CCNCc1ccccc1C#N. The maximum absolute atomic E-state index is 11.5. The first kappa shape index (κ1) is 15.2. The molecule has 0 aliphatic rings. The minimum absolute atomic E-state index is 0.0646. The van der Waals surface area contributed by atoms with Gasteiger partial charge in [-0.15, -0.1) is 0 Å². The van der Waals surface area contributed by atoms with Crippen LogP contribution in [-0.2, 0) is 11.3 Å². The molecule has 1 rings (SSSR count). The molecule has 0 spiro atoms. The number of hydrogen-bond acceptors (Lipinski definition) is 3. The summed E-state index contributed by atoms with van der Waals surface area (Å²) in [5, 5.41) is 15.0. The average Bonchev–Trinajstić information content (AvgIpc) is 2.41. The van der Waals surface area contributed by atoms with Gasteiger partial charge in [0.25, 0.3) is 0 Å². The Bertz CT molecular complexity index is 449. The van der Waals surface area contributed by atoms with Crippen LogP contribution in [-0.4, -0.2) is 19.0 Å². The van der Waals surface area contributed by atoms with E-state index in [1.807, 2.05) is 18.2 Å². The highest BCUT2D eigenvalue weighted by Gasteiger charge is 2.03. The summed E-state index contributed by atoms with van der Waals surface area (Å²) in [4.78, 5) is 11.5. The number of nitrogens with one attached hydrogen (secondary N) is 2. The largest absolute Gasteiger partial charge is 0.356 e. The molecule has 102 valence electrons. The van der Waals surface area contributed by atoms with Gasteiger partial charge in [-0.3, -0.25) is 4.79 Å². The van der Waals surface area contributed by atoms with E-state index in [0.717, 1.165) is 12.1 Å². The fourth-order valence-corrected chi connectivity index (χ4v) is 1.61. The van der Waals surface area contributed by atoms with Gasteiger partial charge in [-0.05, 0) is 17.5 Å². The maximum Gasteiger partial charge on any atom is 0.221 e. The third-order valence-corrected chi connectivity index (χ3v) is 2.69. The van der Waals surface area contributed by atoms with E-state index in [2.05, 4.69) is 30.6 Å². The molecule has 0 saturated heterocycles. The minimum atomic E-state index is 0.0646. The van der Waals surface area contributed by atoms with E-state index in [-0.39, 0.29) is 5.91 Å². The number of benzene rings is 1. The van der Waals surface area contributed by atoms with Crippen molar-refractivity contribution >= 4 is 5.91 Å². The van der Waals surface area contributed by atoms with Crippen molar-refractivity contribution in [2.75, 3.05) is 13.1 Å². The van der Waals surface area contributed by atoms with Crippen LogP contribution < -0.4 is 10.6 Å². The van der Waals surface area contributed by atoms with Crippen molar-refractivity contribution in [3.63, 3.8) is 0 Å². The van der Waals surface area contributed by atoms with Gasteiger partial charge in [-0.25, -0.2) is 0 Å². The predicted molar refractivity (Wildman–Crippen MR) is 75.3 cm³/mol. The van der Waals surface area contributed by atoms with Crippen molar-refractivity contribution in [2.24, 2.45) is 5.92 Å². The number of carbonyl (C=O) groups is 1. The van der Waals surface area contributed by atoms with E-state index in [9.17, 15) is 4.79 Å². The first-order valence-electron chi connectivity index (χ1n) is 6.59. The Labute approximate surface area is 114 Å². The smallest absolute Gasteiger partial charge is 0.221 e. The molecular formula is C15H21N3O. The topological polar surface area (TPSA) is 64.9 Å². The van der Waals surface area contributed by atoms with Crippen LogP contribution >= 0.6 is 0 Å². The summed E-state index contributed by atoms with van der Waals surface area (Å²) in [5.74, 6) is 0.536. The molecule has 0 aliphatic heterocycles. The number of nitrogens with zero attached hydrogens (tertiary/aromatic N) is 1. The fourth-order valence-electron chi connectivity index (χ4n) is 1.61. The highest BCUT2D eigenvalue weighted by molar-refractivity contribution is 5.76. The number of nitriles is 1. The van der Waals surface area contributed by atoms with E-state index in [1.54, 1.807) is 6.07 Å². The van der Waals surface area contributed by atoms with Crippen molar-refractivity contribution in [3.05, 3.63) is 35.4 Å². The minimum Gasteiger partial charge on any atom is -0.356 e. The second kappa shape index (κ2) is 8.28. The van der Waals surface area contributed by atoms with E-state index in [0.29, 0.717) is 31.0 Å². The monoisotopic (exact) mass is 259 g/mol. The van der Waals surface area contributed by atoms with Crippen molar-refractivity contribution in [2.45, 2.75) is 26.8 Å². The van der Waals surface area contributed by atoms with Gasteiger partial charge in [0.05, 0.1) is 11.6 Å². The maximum atomic E-state index is 11.5. The van der Waals surface area contributed by atoms with Crippen molar-refractivity contribution in [1.29, 1.82) is 5.26 Å². The zero-order valence-corrected chi connectivity index (χ0v) is 11.6. The van der Waals surface area contributed by atoms with Crippen LogP contribution in [0.4, 0.5) is 0 Å². The Hall–Kier alpha value is -1.86. The van der Waals surface area contributed by atoms with Crippen LogP contribution in [0.1, 0.15) is 31.4 Å². The lowest BCUT2D eigenvalue weighted by molar-refractivity contribution is -0.121. The van der Waals surface area contributed by atoms with Gasteiger partial charge in [0, 0.05) is 26.1 Å².